The van der Waals surface area contributed by atoms with E-state index in [0.29, 0.717) is 0 Å². The van der Waals surface area contributed by atoms with Gasteiger partial charge < -0.3 is 4.98 Å². The van der Waals surface area contributed by atoms with E-state index in [-0.39, 0.29) is 6.54 Å². The number of halogens is 19. The number of hydrogen-bond donors (Lipinski definition) is 1. The largest absolute Gasteiger partial charge is 0.460 e. The van der Waals surface area contributed by atoms with E-state index < -0.39 is 75.0 Å². The maximum atomic E-state index is 13.7. The number of hydrogen-bond acceptors (Lipinski definition) is 1. The quantitative estimate of drug-likeness (QED) is 0.193. The smallest absolute Gasteiger partial charge is 0.340 e. The van der Waals surface area contributed by atoms with Crippen LogP contribution in [0.25, 0.3) is 0 Å². The van der Waals surface area contributed by atoms with Gasteiger partial charge in [0.2, 0.25) is 0 Å². The van der Waals surface area contributed by atoms with Crippen molar-refractivity contribution in [3.05, 3.63) is 0 Å². The zero-order chi connectivity index (χ0) is 28.9. The molecule has 1 atom stereocenters. The summed E-state index contributed by atoms with van der Waals surface area (Å²) in [6.07, 6.45) is -10.3. The first kappa shape index (κ1) is 33.8. The third kappa shape index (κ3) is 4.90. The van der Waals surface area contributed by atoms with E-state index in [2.05, 4.69) is 4.98 Å². The Morgan fingerprint density at radius 3 is 1.06 bits per heavy atom. The predicted octanol–water partition coefficient (Wildman–Crippen LogP) is 6.98. The Labute approximate surface area is 184 Å². The van der Waals surface area contributed by atoms with Gasteiger partial charge >= 0.3 is 53.6 Å². The van der Waals surface area contributed by atoms with Gasteiger partial charge in [0, 0.05) is 6.42 Å². The minimum atomic E-state index is -8.87. The fourth-order valence-electron chi connectivity index (χ4n) is 2.40. The maximum Gasteiger partial charge on any atom is 0.460 e. The molecule has 0 aromatic carbocycles. The van der Waals surface area contributed by atoms with E-state index in [1.165, 1.54) is 6.92 Å². The number of alkyl halides is 19. The lowest BCUT2D eigenvalue weighted by Gasteiger charge is -2.43. The molecule has 0 bridgehead atoms. The van der Waals surface area contributed by atoms with E-state index in [1.807, 2.05) is 0 Å². The molecule has 21 heteroatoms. The van der Waals surface area contributed by atoms with Crippen molar-refractivity contribution in [1.82, 2.24) is 4.98 Å². The lowest BCUT2D eigenvalue weighted by molar-refractivity contribution is -0.468. The molecule has 0 rings (SSSR count). The summed E-state index contributed by atoms with van der Waals surface area (Å²) in [6, 6.07) is -1.12. The standard InChI is InChI=1S/C14H14F19NSi/c1-3-34-35(2)5-4-6(15,16)7(17,18)8(19,20)9(21,22)10(23,24)11(25,26)12(27,28)13(29,30)14(31,32)33/h34-35H,3-5H2,1-2H3. The van der Waals surface area contributed by atoms with E-state index in [1.54, 1.807) is 0 Å². The molecule has 212 valence electrons. The zero-order valence-corrected chi connectivity index (χ0v) is 18.0. The molecule has 0 saturated carbocycles. The zero-order valence-electron chi connectivity index (χ0n) is 16.9. The fraction of sp³-hybridized carbons (Fsp3) is 1.00. The summed E-state index contributed by atoms with van der Waals surface area (Å²) < 4.78 is 250. The van der Waals surface area contributed by atoms with Crippen molar-refractivity contribution in [3.8, 4) is 0 Å². The third-order valence-electron chi connectivity index (χ3n) is 4.63. The molecule has 0 aliphatic heterocycles. The van der Waals surface area contributed by atoms with Crippen LogP contribution in [0, 0.1) is 0 Å². The van der Waals surface area contributed by atoms with Gasteiger partial charge in [-0.05, 0) is 12.6 Å². The highest BCUT2D eigenvalue weighted by Crippen LogP contribution is 2.65. The molecule has 0 amide bonds. The molecule has 0 fully saturated rings. The first-order valence-electron chi connectivity index (χ1n) is 8.78. The van der Waals surface area contributed by atoms with E-state index >= 15 is 0 Å². The molecule has 0 heterocycles. The molecule has 0 aromatic heterocycles. The monoisotopic (exact) mass is 585 g/mol. The first-order chi connectivity index (χ1) is 15.0. The Bertz CT molecular complexity index is 728. The molecule has 1 nitrogen and oxygen atoms in total. The summed E-state index contributed by atoms with van der Waals surface area (Å²) in [6.45, 7) is 2.47. The summed E-state index contributed by atoms with van der Waals surface area (Å²) in [5.41, 5.74) is 0. The highest BCUT2D eigenvalue weighted by atomic mass is 28.3. The van der Waals surface area contributed by atoms with Crippen LogP contribution < -0.4 is 4.98 Å². The van der Waals surface area contributed by atoms with Gasteiger partial charge in [-0.2, -0.15) is 83.4 Å². The summed E-state index contributed by atoms with van der Waals surface area (Å²) in [4.78, 5) is 2.39. The van der Waals surface area contributed by atoms with Crippen molar-refractivity contribution in [2.24, 2.45) is 0 Å². The Kier molecular flexibility index (Phi) is 8.99. The van der Waals surface area contributed by atoms with Crippen LogP contribution in [-0.4, -0.2) is 69.1 Å². The first-order valence-corrected chi connectivity index (χ1v) is 11.3. The van der Waals surface area contributed by atoms with E-state index in [4.69, 9.17) is 0 Å². The van der Waals surface area contributed by atoms with Gasteiger partial charge in [-0.15, -0.1) is 0 Å². The molecule has 1 N–H and O–H groups in total. The topological polar surface area (TPSA) is 12.0 Å². The molecule has 0 aliphatic rings. The minimum Gasteiger partial charge on any atom is -0.340 e. The van der Waals surface area contributed by atoms with Crippen molar-refractivity contribution < 1.29 is 83.4 Å². The van der Waals surface area contributed by atoms with Gasteiger partial charge in [-0.25, -0.2) is 0 Å². The van der Waals surface area contributed by atoms with Crippen molar-refractivity contribution in [1.29, 1.82) is 0 Å². The van der Waals surface area contributed by atoms with Crippen molar-refractivity contribution in [3.63, 3.8) is 0 Å². The fourth-order valence-corrected chi connectivity index (χ4v) is 4.10. The lowest BCUT2D eigenvalue weighted by atomic mass is 9.87. The minimum absolute atomic E-state index is 0.0155. The highest BCUT2D eigenvalue weighted by molar-refractivity contribution is 6.54. The predicted molar refractivity (Wildman–Crippen MR) is 81.7 cm³/mol. The van der Waals surface area contributed by atoms with Crippen LogP contribution >= 0.6 is 0 Å². The Morgan fingerprint density at radius 2 is 0.771 bits per heavy atom. The molecular formula is C14H14F19NSi. The number of nitrogens with one attached hydrogen (secondary N) is 1. The second-order valence-corrected chi connectivity index (χ2v) is 10.0. The summed E-state index contributed by atoms with van der Waals surface area (Å²) >= 11 is 0. The molecule has 1 unspecified atom stereocenters. The summed E-state index contributed by atoms with van der Waals surface area (Å²) in [5, 5.41) is 0. The molecule has 35 heavy (non-hydrogen) atoms. The van der Waals surface area contributed by atoms with Gasteiger partial charge in [0.1, 0.15) is 8.96 Å². The van der Waals surface area contributed by atoms with Crippen LogP contribution in [0.15, 0.2) is 0 Å². The van der Waals surface area contributed by atoms with Crippen molar-refractivity contribution in [2.75, 3.05) is 6.54 Å². The van der Waals surface area contributed by atoms with Crippen LogP contribution in [0.2, 0.25) is 12.6 Å². The lowest BCUT2D eigenvalue weighted by Crippen LogP contribution is -2.75. The van der Waals surface area contributed by atoms with Crippen LogP contribution in [0.1, 0.15) is 13.3 Å². The molecule has 0 saturated heterocycles. The maximum absolute atomic E-state index is 13.7. The Morgan fingerprint density at radius 1 is 0.486 bits per heavy atom. The summed E-state index contributed by atoms with van der Waals surface area (Å²) in [5.74, 6) is -65.9. The molecule has 0 aromatic rings. The average molecular weight is 585 g/mol. The SMILES string of the molecule is CCN[SiH](C)CCC(F)(F)C(F)(F)C(F)(F)C(F)(F)C(F)(F)C(F)(F)C(F)(F)C(F)(F)C(F)(F)F. The van der Waals surface area contributed by atoms with E-state index in [9.17, 15) is 83.4 Å². The molecular weight excluding hydrogens is 571 g/mol. The molecule has 0 aliphatic carbocycles. The van der Waals surface area contributed by atoms with Gasteiger partial charge in [0.15, 0.2) is 0 Å². The van der Waals surface area contributed by atoms with Crippen LogP contribution in [0.4, 0.5) is 83.4 Å². The second kappa shape index (κ2) is 9.30. The second-order valence-electron chi connectivity index (χ2n) is 7.22. The van der Waals surface area contributed by atoms with Crippen molar-refractivity contribution >= 4 is 8.96 Å². The Balaban J connectivity index is 6.64. The molecule has 0 radical (unpaired) electrons. The van der Waals surface area contributed by atoms with Gasteiger partial charge in [0.05, 0.1) is 0 Å². The van der Waals surface area contributed by atoms with Crippen LogP contribution in [-0.2, 0) is 0 Å². The van der Waals surface area contributed by atoms with Gasteiger partial charge in [0.25, 0.3) is 0 Å². The van der Waals surface area contributed by atoms with Gasteiger partial charge in [-0.3, -0.25) is 0 Å². The van der Waals surface area contributed by atoms with Crippen LogP contribution in [0.5, 0.6) is 0 Å². The normalized spacial score (nSPS) is 17.1. The van der Waals surface area contributed by atoms with Gasteiger partial charge in [-0.1, -0.05) is 13.5 Å². The summed E-state index contributed by atoms with van der Waals surface area (Å²) in [7, 11) is -2.64. The average Bonchev–Trinajstić information content (AvgIpc) is 2.64. The third-order valence-corrected chi connectivity index (χ3v) is 6.89. The van der Waals surface area contributed by atoms with Crippen molar-refractivity contribution in [2.45, 2.75) is 79.5 Å². The number of rotatable bonds is 12. The molecule has 0 spiro atoms. The van der Waals surface area contributed by atoms with Crippen LogP contribution in [0.3, 0.4) is 0 Å². The highest BCUT2D eigenvalue weighted by Gasteiger charge is 2.96. The van der Waals surface area contributed by atoms with E-state index in [0.717, 1.165) is 6.55 Å². The Hall–Kier alpha value is -1.15.